The molecule has 7 nitrogen and oxygen atoms in total. The number of carbonyl (C=O) groups excluding carboxylic acids is 4. The maximum atomic E-state index is 13.6. The predicted octanol–water partition coefficient (Wildman–Crippen LogP) is 5.79. The van der Waals surface area contributed by atoms with Crippen molar-refractivity contribution in [2.45, 2.75) is 32.6 Å². The van der Waals surface area contributed by atoms with E-state index >= 15 is 0 Å². The van der Waals surface area contributed by atoms with Gasteiger partial charge in [-0.3, -0.25) is 19.3 Å². The Morgan fingerprint density at radius 1 is 0.925 bits per heavy atom. The number of nitrogens with zero attached hydrogens (tertiary/aromatic N) is 1. The summed E-state index contributed by atoms with van der Waals surface area (Å²) in [6.07, 6.45) is 1.81. The van der Waals surface area contributed by atoms with E-state index in [2.05, 4.69) is 33.4 Å². The minimum atomic E-state index is -0.705. The fourth-order valence-corrected chi connectivity index (χ4v) is 7.23. The van der Waals surface area contributed by atoms with Gasteiger partial charge in [-0.2, -0.15) is 0 Å². The molecule has 40 heavy (non-hydrogen) atoms. The molecule has 3 fully saturated rings. The zero-order valence-corrected chi connectivity index (χ0v) is 23.8. The van der Waals surface area contributed by atoms with E-state index in [-0.39, 0.29) is 47.0 Å². The Kier molecular flexibility index (Phi) is 6.82. The largest absolute Gasteiger partial charge is 0.452 e. The molecule has 1 N–H and O–H groups in total. The molecule has 2 saturated carbocycles. The van der Waals surface area contributed by atoms with Crippen LogP contribution in [0.25, 0.3) is 0 Å². The Morgan fingerprint density at radius 2 is 1.62 bits per heavy atom. The van der Waals surface area contributed by atoms with Gasteiger partial charge < -0.3 is 10.1 Å². The summed E-state index contributed by atoms with van der Waals surface area (Å²) >= 11 is 3.50. The number of benzene rings is 3. The van der Waals surface area contributed by atoms with Crippen molar-refractivity contribution in [2.75, 3.05) is 16.8 Å². The number of nitrogens with one attached hydrogen (secondary N) is 1. The van der Waals surface area contributed by atoms with Crippen LogP contribution in [0.3, 0.4) is 0 Å². The second-order valence-electron chi connectivity index (χ2n) is 11.1. The van der Waals surface area contributed by atoms with Crippen LogP contribution in [0.15, 0.2) is 71.2 Å². The first-order chi connectivity index (χ1) is 19.2. The van der Waals surface area contributed by atoms with E-state index in [0.717, 1.165) is 28.4 Å². The van der Waals surface area contributed by atoms with Crippen molar-refractivity contribution >= 4 is 51.0 Å². The normalized spacial score (nSPS) is 24.8. The number of halogens is 1. The molecule has 5 atom stereocenters. The van der Waals surface area contributed by atoms with Gasteiger partial charge in [-0.25, -0.2) is 4.79 Å². The van der Waals surface area contributed by atoms with Crippen molar-refractivity contribution in [2.24, 2.45) is 23.7 Å². The molecular weight excluding hydrogens is 572 g/mol. The van der Waals surface area contributed by atoms with E-state index in [1.165, 1.54) is 16.5 Å². The van der Waals surface area contributed by atoms with Crippen molar-refractivity contribution in [1.29, 1.82) is 0 Å². The van der Waals surface area contributed by atoms with Gasteiger partial charge in [-0.1, -0.05) is 52.3 Å². The number of fused-ring (bicyclic) bond motifs is 5. The Labute approximate surface area is 241 Å². The molecule has 8 heteroatoms. The first-order valence-electron chi connectivity index (χ1n) is 13.5. The fourth-order valence-electron chi connectivity index (χ4n) is 7.00. The van der Waals surface area contributed by atoms with Gasteiger partial charge in [0.25, 0.3) is 5.91 Å². The molecule has 0 unspecified atom stereocenters. The number of imide groups is 1. The number of rotatable bonds is 6. The molecule has 3 aromatic rings. The summed E-state index contributed by atoms with van der Waals surface area (Å²) in [6, 6.07) is 20.2. The fraction of sp³-hybridized carbons (Fsp3) is 0.312. The smallest absolute Gasteiger partial charge is 0.338 e. The minimum absolute atomic E-state index is 0.142. The van der Waals surface area contributed by atoms with E-state index in [0.29, 0.717) is 11.4 Å². The SMILES string of the molecule is Cc1cc(NC(=O)COC(=O)c2cccc(N3C(=O)[C@@H]4[C@@H]5C[C@@H]([C@@H]4C3=O)[C@@H](c3ccccc3)C5)c2)cc(C)c1Br. The summed E-state index contributed by atoms with van der Waals surface area (Å²) < 4.78 is 6.22. The third-order valence-corrected chi connectivity index (χ3v) is 9.89. The molecule has 0 radical (unpaired) electrons. The monoisotopic (exact) mass is 600 g/mol. The van der Waals surface area contributed by atoms with Crippen LogP contribution in [0, 0.1) is 37.5 Å². The Hall–Kier alpha value is -3.78. The maximum Gasteiger partial charge on any atom is 0.338 e. The third-order valence-electron chi connectivity index (χ3n) is 8.64. The highest BCUT2D eigenvalue weighted by Crippen LogP contribution is 2.61. The second-order valence-corrected chi connectivity index (χ2v) is 11.9. The molecule has 204 valence electrons. The van der Waals surface area contributed by atoms with Gasteiger partial charge in [0.2, 0.25) is 11.8 Å². The van der Waals surface area contributed by atoms with Crippen molar-refractivity contribution in [3.63, 3.8) is 0 Å². The molecule has 1 heterocycles. The molecule has 3 aromatic carbocycles. The lowest BCUT2D eigenvalue weighted by atomic mass is 9.73. The Morgan fingerprint density at radius 3 is 2.35 bits per heavy atom. The van der Waals surface area contributed by atoms with Crippen LogP contribution in [0.1, 0.15) is 45.8 Å². The average Bonchev–Trinajstić information content (AvgIpc) is 3.62. The summed E-state index contributed by atoms with van der Waals surface area (Å²) in [7, 11) is 0. The second kappa shape index (κ2) is 10.3. The summed E-state index contributed by atoms with van der Waals surface area (Å²) in [4.78, 5) is 53.6. The molecular formula is C32H29BrN2O5. The number of anilines is 2. The zero-order chi connectivity index (χ0) is 28.1. The van der Waals surface area contributed by atoms with E-state index in [1.807, 2.05) is 44.2 Å². The number of hydrogen-bond acceptors (Lipinski definition) is 5. The molecule has 6 rings (SSSR count). The van der Waals surface area contributed by atoms with Crippen molar-refractivity contribution in [3.05, 3.63) is 93.5 Å². The van der Waals surface area contributed by atoms with Crippen LogP contribution < -0.4 is 10.2 Å². The summed E-state index contributed by atoms with van der Waals surface area (Å²) in [6.45, 7) is 3.39. The lowest BCUT2D eigenvalue weighted by Gasteiger charge is -2.28. The van der Waals surface area contributed by atoms with E-state index in [9.17, 15) is 19.2 Å². The third kappa shape index (κ3) is 4.54. The number of aryl methyl sites for hydroxylation is 2. The summed E-state index contributed by atoms with van der Waals surface area (Å²) in [5.41, 5.74) is 4.32. The van der Waals surface area contributed by atoms with Crippen molar-refractivity contribution in [1.82, 2.24) is 0 Å². The van der Waals surface area contributed by atoms with Crippen LogP contribution in [-0.4, -0.2) is 30.3 Å². The van der Waals surface area contributed by atoms with Gasteiger partial charge in [-0.05, 0) is 91.5 Å². The molecule has 2 bridgehead atoms. The first kappa shape index (κ1) is 26.4. The number of amides is 3. The van der Waals surface area contributed by atoms with Gasteiger partial charge in [0.1, 0.15) is 0 Å². The lowest BCUT2D eigenvalue weighted by Crippen LogP contribution is -2.33. The van der Waals surface area contributed by atoms with E-state index in [4.69, 9.17) is 4.74 Å². The highest BCUT2D eigenvalue weighted by molar-refractivity contribution is 9.10. The van der Waals surface area contributed by atoms with Crippen molar-refractivity contribution < 1.29 is 23.9 Å². The molecule has 0 spiro atoms. The topological polar surface area (TPSA) is 92.8 Å². The van der Waals surface area contributed by atoms with Crippen molar-refractivity contribution in [3.8, 4) is 0 Å². The van der Waals surface area contributed by atoms with Gasteiger partial charge in [-0.15, -0.1) is 0 Å². The van der Waals surface area contributed by atoms with Gasteiger partial charge >= 0.3 is 5.97 Å². The van der Waals surface area contributed by atoms with Crippen LogP contribution in [0.2, 0.25) is 0 Å². The van der Waals surface area contributed by atoms with Crippen LogP contribution in [0.4, 0.5) is 11.4 Å². The molecule has 0 aromatic heterocycles. The summed E-state index contributed by atoms with van der Waals surface area (Å²) in [5.74, 6) is -1.57. The molecule has 3 aliphatic rings. The van der Waals surface area contributed by atoms with E-state index in [1.54, 1.807) is 18.2 Å². The van der Waals surface area contributed by atoms with E-state index < -0.39 is 18.5 Å². The minimum Gasteiger partial charge on any atom is -0.452 e. The highest BCUT2D eigenvalue weighted by atomic mass is 79.9. The highest BCUT2D eigenvalue weighted by Gasteiger charge is 2.64. The Balaban J connectivity index is 1.13. The van der Waals surface area contributed by atoms with Gasteiger partial charge in [0.15, 0.2) is 6.61 Å². The number of ether oxygens (including phenoxy) is 1. The van der Waals surface area contributed by atoms with Gasteiger partial charge in [0.05, 0.1) is 23.1 Å². The number of esters is 1. The predicted molar refractivity (Wildman–Crippen MR) is 154 cm³/mol. The van der Waals surface area contributed by atoms with Gasteiger partial charge in [0, 0.05) is 10.2 Å². The lowest BCUT2D eigenvalue weighted by molar-refractivity contribution is -0.123. The number of carbonyl (C=O) groups is 4. The molecule has 1 saturated heterocycles. The quantitative estimate of drug-likeness (QED) is 0.285. The molecule has 2 aliphatic carbocycles. The molecule has 3 amide bonds. The van der Waals surface area contributed by atoms with Crippen LogP contribution >= 0.6 is 15.9 Å². The standard InChI is InChI=1S/C32H29BrN2O5/c1-17-11-22(12-18(2)29(17)33)34-26(36)16-40-32(39)20-9-6-10-23(13-20)35-30(37)27-21-14-24(19-7-4-3-5-8-19)25(15-21)28(27)31(35)38/h3-13,21,24-25,27-28H,14-16H2,1-2H3,(H,34,36)/t21-,24+,25+,27+,28-/m0/s1. The average molecular weight is 601 g/mol. The van der Waals surface area contributed by atoms with Crippen LogP contribution in [0.5, 0.6) is 0 Å². The number of hydrogen-bond donors (Lipinski definition) is 1. The Bertz CT molecular complexity index is 1510. The first-order valence-corrected chi connectivity index (χ1v) is 14.3. The van der Waals surface area contributed by atoms with Crippen LogP contribution in [-0.2, 0) is 19.1 Å². The summed E-state index contributed by atoms with van der Waals surface area (Å²) in [5, 5.41) is 2.74. The maximum absolute atomic E-state index is 13.6. The molecule has 1 aliphatic heterocycles. The zero-order valence-electron chi connectivity index (χ0n) is 22.2.